The molecule has 0 aliphatic rings. The van der Waals surface area contributed by atoms with Crippen molar-refractivity contribution in [3.05, 3.63) is 83.4 Å². The van der Waals surface area contributed by atoms with Gasteiger partial charge in [-0.25, -0.2) is 9.59 Å². The van der Waals surface area contributed by atoms with Crippen LogP contribution in [0.3, 0.4) is 0 Å². The van der Waals surface area contributed by atoms with Crippen molar-refractivity contribution < 1.29 is 29.4 Å². The number of hydrogen-bond donors (Lipinski definition) is 3. The molecule has 0 aliphatic heterocycles. The highest BCUT2D eigenvalue weighted by Crippen LogP contribution is 2.28. The molecule has 0 bridgehead atoms. The number of aromatic carboxylic acids is 1. The Bertz CT molecular complexity index is 1530. The molecule has 1 heterocycles. The van der Waals surface area contributed by atoms with Gasteiger partial charge in [0.25, 0.3) is 6.01 Å². The van der Waals surface area contributed by atoms with Gasteiger partial charge in [-0.2, -0.15) is 4.98 Å². The number of aromatic nitrogens is 2. The van der Waals surface area contributed by atoms with Crippen LogP contribution in [0.2, 0.25) is 0 Å². The summed E-state index contributed by atoms with van der Waals surface area (Å²) in [6.07, 6.45) is -0.737. The molecule has 4 aromatic rings. The molecule has 3 N–H and O–H groups in total. The standard InChI is InChI=1S/C29H30N4O6/c1-5-38-27-30-23-12-8-11-22(26(34)35)24(23)33(27)17-18-13-15-19(16-14-18)20-9-6-7-10-21(20)25(32-37)31-28(36)39-29(2,3)4/h6-16,37H,5,17H2,1-4H3,(H,34,35)(H,31,32,36). The summed E-state index contributed by atoms with van der Waals surface area (Å²) in [5.74, 6) is -1.09. The minimum absolute atomic E-state index is 0.0450. The van der Waals surface area contributed by atoms with Crippen LogP contribution in [-0.2, 0) is 11.3 Å². The third-order valence-electron chi connectivity index (χ3n) is 5.74. The highest BCUT2D eigenvalue weighted by Gasteiger charge is 2.21. The molecular formula is C29H30N4O6. The summed E-state index contributed by atoms with van der Waals surface area (Å²) in [6.45, 7) is 7.78. The van der Waals surface area contributed by atoms with E-state index in [1.54, 1.807) is 55.7 Å². The van der Waals surface area contributed by atoms with Crippen molar-refractivity contribution in [1.82, 2.24) is 14.9 Å². The third-order valence-corrected chi connectivity index (χ3v) is 5.74. The number of nitrogens with one attached hydrogen (secondary N) is 1. The van der Waals surface area contributed by atoms with E-state index in [-0.39, 0.29) is 11.4 Å². The minimum Gasteiger partial charge on any atom is -0.478 e. The number of ether oxygens (including phenoxy) is 2. The number of benzene rings is 3. The summed E-state index contributed by atoms with van der Waals surface area (Å²) >= 11 is 0. The molecule has 1 amide bonds. The Morgan fingerprint density at radius 2 is 1.69 bits per heavy atom. The van der Waals surface area contributed by atoms with E-state index in [4.69, 9.17) is 9.47 Å². The fourth-order valence-electron chi connectivity index (χ4n) is 4.18. The minimum atomic E-state index is -1.04. The van der Waals surface area contributed by atoms with Gasteiger partial charge in [-0.15, -0.1) is 0 Å². The number of amides is 1. The van der Waals surface area contributed by atoms with E-state index in [0.29, 0.717) is 35.8 Å². The van der Waals surface area contributed by atoms with Crippen LogP contribution in [0.15, 0.2) is 71.9 Å². The lowest BCUT2D eigenvalue weighted by atomic mass is 9.98. The number of rotatable bonds is 7. The Morgan fingerprint density at radius 1 is 1.00 bits per heavy atom. The fraction of sp³-hybridized carbons (Fsp3) is 0.241. The van der Waals surface area contributed by atoms with Crippen molar-refractivity contribution in [2.24, 2.45) is 5.16 Å². The van der Waals surface area contributed by atoms with Crippen LogP contribution in [0.1, 0.15) is 49.2 Å². The number of carboxylic acid groups (broad SMARTS) is 1. The first-order valence-corrected chi connectivity index (χ1v) is 12.4. The van der Waals surface area contributed by atoms with Gasteiger partial charge in [0, 0.05) is 5.56 Å². The lowest BCUT2D eigenvalue weighted by molar-refractivity contribution is 0.0560. The quantitative estimate of drug-likeness (QED) is 0.124. The second-order valence-electron chi connectivity index (χ2n) is 9.71. The molecule has 0 spiro atoms. The highest BCUT2D eigenvalue weighted by molar-refractivity contribution is 6.10. The van der Waals surface area contributed by atoms with Crippen molar-refractivity contribution in [2.45, 2.75) is 39.8 Å². The van der Waals surface area contributed by atoms with Gasteiger partial charge in [0.05, 0.1) is 29.7 Å². The number of carbonyl (C=O) groups is 2. The van der Waals surface area contributed by atoms with Gasteiger partial charge in [-0.3, -0.25) is 9.88 Å². The van der Waals surface area contributed by atoms with Gasteiger partial charge in [0.1, 0.15) is 5.60 Å². The lowest BCUT2D eigenvalue weighted by Crippen LogP contribution is -2.37. The Labute approximate surface area is 225 Å². The zero-order chi connectivity index (χ0) is 28.2. The van der Waals surface area contributed by atoms with E-state index in [1.165, 1.54) is 0 Å². The number of amidine groups is 1. The van der Waals surface area contributed by atoms with Crippen molar-refractivity contribution in [1.29, 1.82) is 0 Å². The summed E-state index contributed by atoms with van der Waals surface area (Å²) in [4.78, 5) is 28.7. The number of nitrogens with zero attached hydrogens (tertiary/aromatic N) is 3. The summed E-state index contributed by atoms with van der Waals surface area (Å²) in [7, 11) is 0. The van der Waals surface area contributed by atoms with Gasteiger partial charge < -0.3 is 19.8 Å². The predicted octanol–water partition coefficient (Wildman–Crippen LogP) is 5.51. The van der Waals surface area contributed by atoms with E-state index in [1.807, 2.05) is 43.3 Å². The monoisotopic (exact) mass is 530 g/mol. The Hall–Kier alpha value is -4.86. The molecule has 4 rings (SSSR count). The first-order valence-electron chi connectivity index (χ1n) is 12.4. The molecule has 39 heavy (non-hydrogen) atoms. The summed E-state index contributed by atoms with van der Waals surface area (Å²) < 4.78 is 12.8. The highest BCUT2D eigenvalue weighted by atomic mass is 16.6. The normalized spacial score (nSPS) is 11.8. The molecule has 1 aromatic heterocycles. The predicted molar refractivity (Wildman–Crippen MR) is 147 cm³/mol. The molecular weight excluding hydrogens is 500 g/mol. The number of fused-ring (bicyclic) bond motifs is 1. The maximum atomic E-state index is 12.3. The molecule has 10 heteroatoms. The smallest absolute Gasteiger partial charge is 0.413 e. The van der Waals surface area contributed by atoms with Crippen molar-refractivity contribution >= 4 is 28.9 Å². The number of alkyl carbamates (subject to hydrolysis) is 1. The largest absolute Gasteiger partial charge is 0.478 e. The number of carboxylic acids is 1. The number of oxime groups is 1. The lowest BCUT2D eigenvalue weighted by Gasteiger charge is -2.20. The van der Waals surface area contributed by atoms with Gasteiger partial charge >= 0.3 is 12.1 Å². The molecule has 0 aliphatic carbocycles. The van der Waals surface area contributed by atoms with Crippen LogP contribution in [0.25, 0.3) is 22.2 Å². The van der Waals surface area contributed by atoms with E-state index < -0.39 is 17.7 Å². The van der Waals surface area contributed by atoms with Crippen LogP contribution in [0, 0.1) is 0 Å². The Balaban J connectivity index is 1.65. The summed E-state index contributed by atoms with van der Waals surface area (Å²) in [5, 5.41) is 25.2. The topological polar surface area (TPSA) is 135 Å². The van der Waals surface area contributed by atoms with Gasteiger partial charge in [0.15, 0.2) is 5.84 Å². The first kappa shape index (κ1) is 27.2. The molecule has 0 unspecified atom stereocenters. The maximum absolute atomic E-state index is 12.3. The number of carbonyl (C=O) groups excluding carboxylic acids is 1. The molecule has 0 saturated heterocycles. The van der Waals surface area contributed by atoms with Crippen LogP contribution in [0.5, 0.6) is 6.01 Å². The van der Waals surface area contributed by atoms with Crippen LogP contribution in [0.4, 0.5) is 4.79 Å². The van der Waals surface area contributed by atoms with Gasteiger partial charge in [-0.05, 0) is 56.5 Å². The van der Waals surface area contributed by atoms with Gasteiger partial charge in [0.2, 0.25) is 0 Å². The van der Waals surface area contributed by atoms with Crippen LogP contribution < -0.4 is 10.1 Å². The maximum Gasteiger partial charge on any atom is 0.413 e. The second kappa shape index (κ2) is 11.3. The Kier molecular flexibility index (Phi) is 7.85. The summed E-state index contributed by atoms with van der Waals surface area (Å²) in [5.41, 5.74) is 3.39. The number of para-hydroxylation sites is 1. The molecule has 0 atom stereocenters. The molecule has 0 saturated carbocycles. The Morgan fingerprint density at radius 3 is 2.33 bits per heavy atom. The number of imidazole rings is 1. The molecule has 0 fully saturated rings. The second-order valence-corrected chi connectivity index (χ2v) is 9.71. The van der Waals surface area contributed by atoms with E-state index >= 15 is 0 Å². The fourth-order valence-corrected chi connectivity index (χ4v) is 4.18. The molecule has 202 valence electrons. The zero-order valence-electron chi connectivity index (χ0n) is 22.1. The molecule has 10 nitrogen and oxygen atoms in total. The van der Waals surface area contributed by atoms with Gasteiger partial charge in [-0.1, -0.05) is 59.8 Å². The zero-order valence-corrected chi connectivity index (χ0v) is 22.1. The molecule has 3 aromatic carbocycles. The van der Waals surface area contributed by atoms with Crippen LogP contribution in [-0.4, -0.2) is 50.0 Å². The van der Waals surface area contributed by atoms with Crippen LogP contribution >= 0.6 is 0 Å². The average molecular weight is 531 g/mol. The van der Waals surface area contributed by atoms with E-state index in [2.05, 4.69) is 15.5 Å². The number of hydrogen-bond acceptors (Lipinski definition) is 7. The van der Waals surface area contributed by atoms with E-state index in [0.717, 1.165) is 16.7 Å². The van der Waals surface area contributed by atoms with Crippen molar-refractivity contribution in [2.75, 3.05) is 6.61 Å². The van der Waals surface area contributed by atoms with Crippen molar-refractivity contribution in [3.63, 3.8) is 0 Å². The van der Waals surface area contributed by atoms with Crippen molar-refractivity contribution in [3.8, 4) is 17.1 Å². The average Bonchev–Trinajstić information content (AvgIpc) is 3.23. The first-order chi connectivity index (χ1) is 18.6. The molecule has 0 radical (unpaired) electrons. The summed E-state index contributed by atoms with van der Waals surface area (Å²) in [6, 6.07) is 20.1. The SMILES string of the molecule is CCOc1nc2cccc(C(=O)O)c2n1Cc1ccc(-c2ccccc2C(=NO)NC(=O)OC(C)(C)C)cc1. The van der Waals surface area contributed by atoms with E-state index in [9.17, 15) is 19.9 Å². The third kappa shape index (κ3) is 6.18.